The zero-order chi connectivity index (χ0) is 12.6. The maximum atomic E-state index is 5.58. The molecule has 0 unspecified atom stereocenters. The zero-order valence-electron chi connectivity index (χ0n) is 11.3. The highest BCUT2D eigenvalue weighted by Gasteiger charge is 2.30. The lowest BCUT2D eigenvalue weighted by Gasteiger charge is -2.42. The number of ether oxygens (including phenoxy) is 1. The van der Waals surface area contributed by atoms with Gasteiger partial charge in [-0.15, -0.1) is 0 Å². The largest absolute Gasteiger partial charge is 0.378 e. The van der Waals surface area contributed by atoms with E-state index < -0.39 is 0 Å². The van der Waals surface area contributed by atoms with Crippen molar-refractivity contribution in [2.75, 3.05) is 19.8 Å². The second-order valence-electron chi connectivity index (χ2n) is 5.99. The lowest BCUT2D eigenvalue weighted by atomic mass is 10.00. The average Bonchev–Trinajstić information content (AvgIpc) is 2.79. The second-order valence-corrected chi connectivity index (χ2v) is 5.99. The summed E-state index contributed by atoms with van der Waals surface area (Å²) in [6.07, 6.45) is 0. The molecule has 0 amide bonds. The molecule has 0 radical (unpaired) electrons. The molecular weight excluding hydrogens is 224 g/mol. The summed E-state index contributed by atoms with van der Waals surface area (Å²) in [4.78, 5) is 2.53. The fraction of sp³-hybridized carbons (Fsp3) is 0.600. The summed E-state index contributed by atoms with van der Waals surface area (Å²) in [7, 11) is 0. The first kappa shape index (κ1) is 12.2. The molecule has 98 valence electrons. The van der Waals surface area contributed by atoms with E-state index in [1.165, 1.54) is 16.7 Å². The average molecular weight is 246 g/mol. The van der Waals surface area contributed by atoms with Crippen molar-refractivity contribution in [1.82, 2.24) is 10.2 Å². The minimum atomic E-state index is 0.148. The second kappa shape index (κ2) is 4.65. The van der Waals surface area contributed by atoms with Crippen molar-refractivity contribution in [3.63, 3.8) is 0 Å². The van der Waals surface area contributed by atoms with Gasteiger partial charge < -0.3 is 10.1 Å². The third-order valence-electron chi connectivity index (χ3n) is 4.09. The highest BCUT2D eigenvalue weighted by atomic mass is 16.5. The maximum Gasteiger partial charge on any atom is 0.0645 e. The molecule has 3 nitrogen and oxygen atoms in total. The van der Waals surface area contributed by atoms with Crippen molar-refractivity contribution in [3.8, 4) is 0 Å². The number of hydrogen-bond acceptors (Lipinski definition) is 3. The van der Waals surface area contributed by atoms with Crippen LogP contribution in [0.5, 0.6) is 0 Å². The number of fused-ring (bicyclic) bond motifs is 1. The summed E-state index contributed by atoms with van der Waals surface area (Å²) in [5.41, 5.74) is 4.50. The quantitative estimate of drug-likeness (QED) is 0.862. The highest BCUT2D eigenvalue weighted by Crippen LogP contribution is 2.23. The molecule has 1 N–H and O–H groups in total. The van der Waals surface area contributed by atoms with E-state index in [4.69, 9.17) is 4.74 Å². The lowest BCUT2D eigenvalue weighted by molar-refractivity contribution is -0.0552. The first-order chi connectivity index (χ1) is 8.65. The molecule has 1 saturated heterocycles. The molecule has 18 heavy (non-hydrogen) atoms. The number of nitrogens with one attached hydrogen (secondary N) is 1. The number of hydrogen-bond donors (Lipinski definition) is 1. The highest BCUT2D eigenvalue weighted by molar-refractivity contribution is 5.34. The topological polar surface area (TPSA) is 24.5 Å². The monoisotopic (exact) mass is 246 g/mol. The van der Waals surface area contributed by atoms with Crippen LogP contribution in [-0.2, 0) is 24.4 Å². The van der Waals surface area contributed by atoms with Crippen molar-refractivity contribution in [1.29, 1.82) is 0 Å². The number of rotatable bonds is 2. The van der Waals surface area contributed by atoms with Crippen molar-refractivity contribution < 1.29 is 4.74 Å². The smallest absolute Gasteiger partial charge is 0.0645 e. The van der Waals surface area contributed by atoms with Crippen LogP contribution >= 0.6 is 0 Å². The molecule has 0 aromatic heterocycles. The van der Waals surface area contributed by atoms with Crippen molar-refractivity contribution >= 4 is 0 Å². The van der Waals surface area contributed by atoms with E-state index in [-0.39, 0.29) is 5.54 Å². The predicted molar refractivity (Wildman–Crippen MR) is 72.3 cm³/mol. The number of nitrogens with zero attached hydrogens (tertiary/aromatic N) is 1. The summed E-state index contributed by atoms with van der Waals surface area (Å²) in [6, 6.07) is 6.91. The number of morpholine rings is 1. The van der Waals surface area contributed by atoms with Crippen LogP contribution in [0.1, 0.15) is 30.5 Å². The maximum absolute atomic E-state index is 5.58. The standard InChI is InChI=1S/C15H22N2O/c1-15(2)11-18-6-5-17(15)10-12-3-4-13-8-16-9-14(13)7-12/h3-4,7,16H,5-6,8-11H2,1-2H3. The van der Waals surface area contributed by atoms with E-state index in [0.717, 1.165) is 39.4 Å². The predicted octanol–water partition coefficient (Wildman–Crippen LogP) is 1.90. The van der Waals surface area contributed by atoms with Gasteiger partial charge in [0, 0.05) is 31.7 Å². The molecule has 0 atom stereocenters. The molecule has 2 aliphatic rings. The van der Waals surface area contributed by atoms with Crippen molar-refractivity contribution in [2.45, 2.75) is 39.0 Å². The van der Waals surface area contributed by atoms with Crippen LogP contribution in [0.4, 0.5) is 0 Å². The van der Waals surface area contributed by atoms with Crippen LogP contribution < -0.4 is 5.32 Å². The van der Waals surface area contributed by atoms with Gasteiger partial charge in [-0.25, -0.2) is 0 Å². The van der Waals surface area contributed by atoms with Crippen molar-refractivity contribution in [3.05, 3.63) is 34.9 Å². The van der Waals surface area contributed by atoms with Crippen molar-refractivity contribution in [2.24, 2.45) is 0 Å². The molecule has 2 heterocycles. The number of benzene rings is 1. The molecule has 0 spiro atoms. The minimum Gasteiger partial charge on any atom is -0.378 e. The van der Waals surface area contributed by atoms with E-state index in [1.54, 1.807) is 0 Å². The van der Waals surface area contributed by atoms with Crippen LogP contribution in [0.3, 0.4) is 0 Å². The van der Waals surface area contributed by atoms with Gasteiger partial charge in [-0.05, 0) is 30.5 Å². The van der Waals surface area contributed by atoms with Crippen LogP contribution in [0.15, 0.2) is 18.2 Å². The van der Waals surface area contributed by atoms with Crippen LogP contribution in [0.2, 0.25) is 0 Å². The summed E-state index contributed by atoms with van der Waals surface area (Å²) in [5, 5.41) is 3.40. The molecule has 0 bridgehead atoms. The first-order valence-corrected chi connectivity index (χ1v) is 6.79. The van der Waals surface area contributed by atoms with Crippen LogP contribution in [0, 0.1) is 0 Å². The van der Waals surface area contributed by atoms with Gasteiger partial charge >= 0.3 is 0 Å². The molecule has 2 aliphatic heterocycles. The van der Waals surface area contributed by atoms with E-state index in [0.29, 0.717) is 0 Å². The lowest BCUT2D eigenvalue weighted by Crippen LogP contribution is -2.52. The Balaban J connectivity index is 1.76. The van der Waals surface area contributed by atoms with Gasteiger partial charge in [-0.2, -0.15) is 0 Å². The SMILES string of the molecule is CC1(C)COCCN1Cc1ccc2c(c1)CNC2. The summed E-state index contributed by atoms with van der Waals surface area (Å²) in [6.45, 7) is 10.3. The first-order valence-electron chi connectivity index (χ1n) is 6.79. The Kier molecular flexibility index (Phi) is 3.14. The third kappa shape index (κ3) is 2.30. The van der Waals surface area contributed by atoms with Crippen LogP contribution in [0.25, 0.3) is 0 Å². The molecule has 1 aromatic carbocycles. The Bertz CT molecular complexity index is 442. The van der Waals surface area contributed by atoms with Gasteiger partial charge in [-0.1, -0.05) is 18.2 Å². The minimum absolute atomic E-state index is 0.148. The summed E-state index contributed by atoms with van der Waals surface area (Å²) >= 11 is 0. The molecule has 0 saturated carbocycles. The van der Waals surface area contributed by atoms with E-state index in [1.807, 2.05) is 0 Å². The van der Waals surface area contributed by atoms with E-state index in [9.17, 15) is 0 Å². The molecule has 1 aromatic rings. The van der Waals surface area contributed by atoms with Crippen LogP contribution in [-0.4, -0.2) is 30.2 Å². The Morgan fingerprint density at radius 3 is 2.94 bits per heavy atom. The molecular formula is C15H22N2O. The summed E-state index contributed by atoms with van der Waals surface area (Å²) < 4.78 is 5.58. The molecule has 1 fully saturated rings. The van der Waals surface area contributed by atoms with E-state index >= 15 is 0 Å². The Hall–Kier alpha value is -0.900. The fourth-order valence-corrected chi connectivity index (χ4v) is 2.85. The molecule has 0 aliphatic carbocycles. The van der Waals surface area contributed by atoms with Gasteiger partial charge in [0.15, 0.2) is 0 Å². The van der Waals surface area contributed by atoms with Gasteiger partial charge in [0.05, 0.1) is 13.2 Å². The normalized spacial score (nSPS) is 23.0. The van der Waals surface area contributed by atoms with E-state index in [2.05, 4.69) is 42.3 Å². The van der Waals surface area contributed by atoms with Gasteiger partial charge in [0.25, 0.3) is 0 Å². The molecule has 3 rings (SSSR count). The Labute approximate surface area is 109 Å². The molecule has 3 heteroatoms. The zero-order valence-corrected chi connectivity index (χ0v) is 11.3. The Morgan fingerprint density at radius 1 is 1.28 bits per heavy atom. The summed E-state index contributed by atoms with van der Waals surface area (Å²) in [5.74, 6) is 0. The third-order valence-corrected chi connectivity index (χ3v) is 4.09. The van der Waals surface area contributed by atoms with Gasteiger partial charge in [0.2, 0.25) is 0 Å². The Morgan fingerprint density at radius 2 is 2.11 bits per heavy atom. The fourth-order valence-electron chi connectivity index (χ4n) is 2.85. The van der Waals surface area contributed by atoms with Gasteiger partial charge in [0.1, 0.15) is 0 Å². The van der Waals surface area contributed by atoms with Gasteiger partial charge in [-0.3, -0.25) is 4.90 Å².